The summed E-state index contributed by atoms with van der Waals surface area (Å²) in [5.41, 5.74) is 0.929. The molecule has 0 aliphatic heterocycles. The van der Waals surface area contributed by atoms with Crippen molar-refractivity contribution in [2.24, 2.45) is 0 Å². The lowest BCUT2D eigenvalue weighted by Gasteiger charge is -2.29. The first-order valence-electron chi connectivity index (χ1n) is 9.68. The van der Waals surface area contributed by atoms with Gasteiger partial charge < -0.3 is 10.1 Å². The number of nitrogens with one attached hydrogen (secondary N) is 1. The maximum absolute atomic E-state index is 13.2. The number of hydrogen-bond acceptors (Lipinski definition) is 3. The summed E-state index contributed by atoms with van der Waals surface area (Å²) >= 11 is 0. The monoisotopic (exact) mass is 379 g/mol. The fourth-order valence-corrected chi connectivity index (χ4v) is 3.61. The minimum atomic E-state index is -2.62. The van der Waals surface area contributed by atoms with Crippen molar-refractivity contribution in [3.8, 4) is 0 Å². The van der Waals surface area contributed by atoms with Crippen LogP contribution in [0.2, 0.25) is 0 Å². The Hall–Kier alpha value is -2.02. The molecule has 1 saturated carbocycles. The number of aryl methyl sites for hydroxylation is 1. The summed E-state index contributed by atoms with van der Waals surface area (Å²) in [4.78, 5) is 17.0. The summed E-state index contributed by atoms with van der Waals surface area (Å²) < 4.78 is 33.6. The Bertz CT molecular complexity index is 783. The van der Waals surface area contributed by atoms with Crippen LogP contribution in [0.5, 0.6) is 0 Å². The van der Waals surface area contributed by atoms with Gasteiger partial charge in [0.1, 0.15) is 5.65 Å². The van der Waals surface area contributed by atoms with E-state index in [1.807, 2.05) is 0 Å². The Labute approximate surface area is 158 Å². The third-order valence-corrected chi connectivity index (χ3v) is 5.11. The number of amides is 1. The van der Waals surface area contributed by atoms with Gasteiger partial charge in [0.15, 0.2) is 0 Å². The molecule has 5 nitrogen and oxygen atoms in total. The second kappa shape index (κ2) is 8.78. The Morgan fingerprint density at radius 1 is 1.37 bits per heavy atom. The molecule has 1 N–H and O–H groups in total. The largest absolute Gasteiger partial charge is 0.378 e. The van der Waals surface area contributed by atoms with E-state index in [-0.39, 0.29) is 29.4 Å². The molecule has 1 aliphatic rings. The second-order valence-electron chi connectivity index (χ2n) is 7.22. The number of nitrogens with zero attached hydrogens (tertiary/aromatic N) is 2. The number of halogens is 2. The zero-order valence-corrected chi connectivity index (χ0v) is 15.9. The van der Waals surface area contributed by atoms with E-state index >= 15 is 0 Å². The van der Waals surface area contributed by atoms with E-state index in [9.17, 15) is 13.6 Å². The van der Waals surface area contributed by atoms with Gasteiger partial charge in [-0.2, -0.15) is 0 Å². The number of unbranched alkanes of at least 4 members (excludes halogenated alkanes) is 1. The van der Waals surface area contributed by atoms with E-state index in [0.717, 1.165) is 45.1 Å². The first kappa shape index (κ1) is 19.7. The molecule has 148 valence electrons. The SMILES string of the molecule is CCCCO[C@H]1CC[C@H](NC(=O)c2ccn3c(C(F)F)cc(C)nc23)CC1. The number of carbonyl (C=O) groups is 1. The van der Waals surface area contributed by atoms with E-state index in [1.54, 1.807) is 13.0 Å². The number of alkyl halides is 2. The fourth-order valence-electron chi connectivity index (χ4n) is 3.61. The van der Waals surface area contributed by atoms with Crippen molar-refractivity contribution >= 4 is 11.6 Å². The highest BCUT2D eigenvalue weighted by atomic mass is 19.3. The average Bonchev–Trinajstić information content (AvgIpc) is 3.06. The van der Waals surface area contributed by atoms with Crippen LogP contribution < -0.4 is 5.32 Å². The van der Waals surface area contributed by atoms with Crippen LogP contribution in [0.15, 0.2) is 18.3 Å². The van der Waals surface area contributed by atoms with Crippen LogP contribution in [0.3, 0.4) is 0 Å². The third kappa shape index (κ3) is 4.64. The van der Waals surface area contributed by atoms with Gasteiger partial charge in [0, 0.05) is 24.5 Å². The van der Waals surface area contributed by atoms with Crippen LogP contribution in [0.4, 0.5) is 8.78 Å². The van der Waals surface area contributed by atoms with Crippen LogP contribution >= 0.6 is 0 Å². The van der Waals surface area contributed by atoms with Gasteiger partial charge in [-0.1, -0.05) is 13.3 Å². The van der Waals surface area contributed by atoms with Gasteiger partial charge in [-0.05, 0) is 51.2 Å². The minimum absolute atomic E-state index is 0.0813. The summed E-state index contributed by atoms with van der Waals surface area (Å²) in [6.45, 7) is 4.59. The van der Waals surface area contributed by atoms with Gasteiger partial charge in [-0.15, -0.1) is 0 Å². The van der Waals surface area contributed by atoms with Crippen molar-refractivity contribution < 1.29 is 18.3 Å². The molecule has 1 fully saturated rings. The van der Waals surface area contributed by atoms with Crippen molar-refractivity contribution in [3.05, 3.63) is 35.3 Å². The molecule has 0 radical (unpaired) electrons. The van der Waals surface area contributed by atoms with E-state index in [2.05, 4.69) is 17.2 Å². The van der Waals surface area contributed by atoms with Crippen molar-refractivity contribution in [2.45, 2.75) is 70.9 Å². The lowest BCUT2D eigenvalue weighted by atomic mass is 9.92. The molecular weight excluding hydrogens is 352 g/mol. The molecule has 0 bridgehead atoms. The number of hydrogen-bond donors (Lipinski definition) is 1. The van der Waals surface area contributed by atoms with E-state index in [4.69, 9.17) is 4.74 Å². The lowest BCUT2D eigenvalue weighted by Crippen LogP contribution is -2.39. The van der Waals surface area contributed by atoms with Crippen LogP contribution in [0, 0.1) is 6.92 Å². The molecule has 1 amide bonds. The third-order valence-electron chi connectivity index (χ3n) is 5.11. The van der Waals surface area contributed by atoms with Gasteiger partial charge in [0.2, 0.25) is 0 Å². The van der Waals surface area contributed by atoms with Crippen molar-refractivity contribution in [2.75, 3.05) is 6.61 Å². The summed E-state index contributed by atoms with van der Waals surface area (Å²) in [5.74, 6) is -0.258. The van der Waals surface area contributed by atoms with E-state index in [0.29, 0.717) is 11.3 Å². The molecule has 2 aromatic heterocycles. The minimum Gasteiger partial charge on any atom is -0.378 e. The van der Waals surface area contributed by atoms with E-state index < -0.39 is 6.43 Å². The second-order valence-corrected chi connectivity index (χ2v) is 7.22. The maximum Gasteiger partial charge on any atom is 0.278 e. The first-order valence-corrected chi connectivity index (χ1v) is 9.68. The molecule has 3 rings (SSSR count). The fraction of sp³-hybridized carbons (Fsp3) is 0.600. The normalized spacial score (nSPS) is 20.3. The quantitative estimate of drug-likeness (QED) is 0.724. The van der Waals surface area contributed by atoms with E-state index in [1.165, 1.54) is 16.7 Å². The number of fused-ring (bicyclic) bond motifs is 1. The highest BCUT2D eigenvalue weighted by Crippen LogP contribution is 2.25. The number of ether oxygens (including phenoxy) is 1. The molecule has 2 heterocycles. The summed E-state index contributed by atoms with van der Waals surface area (Å²) in [5, 5.41) is 3.03. The Balaban J connectivity index is 1.64. The molecule has 2 aromatic rings. The van der Waals surface area contributed by atoms with Crippen molar-refractivity contribution in [1.29, 1.82) is 0 Å². The Kier molecular flexibility index (Phi) is 6.42. The molecule has 1 aliphatic carbocycles. The maximum atomic E-state index is 13.2. The Morgan fingerprint density at radius 2 is 2.11 bits per heavy atom. The van der Waals surface area contributed by atoms with Crippen LogP contribution in [0.1, 0.15) is 73.6 Å². The molecular formula is C20H27F2N3O2. The van der Waals surface area contributed by atoms with Gasteiger partial charge in [0.25, 0.3) is 12.3 Å². The summed E-state index contributed by atoms with van der Waals surface area (Å²) in [6, 6.07) is 2.99. The molecule has 0 aromatic carbocycles. The van der Waals surface area contributed by atoms with Gasteiger partial charge in [-0.3, -0.25) is 9.20 Å². The molecule has 0 atom stereocenters. The van der Waals surface area contributed by atoms with Crippen LogP contribution in [-0.2, 0) is 4.74 Å². The van der Waals surface area contributed by atoms with Crippen LogP contribution in [-0.4, -0.2) is 34.0 Å². The molecule has 27 heavy (non-hydrogen) atoms. The zero-order valence-electron chi connectivity index (χ0n) is 15.9. The van der Waals surface area contributed by atoms with Gasteiger partial charge in [-0.25, -0.2) is 13.8 Å². The molecule has 0 unspecified atom stereocenters. The highest BCUT2D eigenvalue weighted by molar-refractivity contribution is 6.00. The molecule has 0 saturated heterocycles. The smallest absolute Gasteiger partial charge is 0.278 e. The topological polar surface area (TPSA) is 55.6 Å². The standard InChI is InChI=1S/C20H27F2N3O2/c1-3-4-11-27-15-7-5-14(6-8-15)24-20(26)16-9-10-25-17(18(21)22)12-13(2)23-19(16)25/h9-10,12,14-15,18H,3-8,11H2,1-2H3,(H,24,26)/t14-,15-. The zero-order chi connectivity index (χ0) is 19.4. The predicted molar refractivity (Wildman–Crippen MR) is 99.3 cm³/mol. The average molecular weight is 379 g/mol. The predicted octanol–water partition coefficient (Wildman–Crippen LogP) is 4.44. The van der Waals surface area contributed by atoms with Crippen molar-refractivity contribution in [3.63, 3.8) is 0 Å². The number of aromatic nitrogens is 2. The molecule has 0 spiro atoms. The highest BCUT2D eigenvalue weighted by Gasteiger charge is 2.25. The van der Waals surface area contributed by atoms with Crippen molar-refractivity contribution in [1.82, 2.24) is 14.7 Å². The van der Waals surface area contributed by atoms with Crippen LogP contribution in [0.25, 0.3) is 5.65 Å². The lowest BCUT2D eigenvalue weighted by molar-refractivity contribution is 0.0209. The first-order chi connectivity index (χ1) is 13.0. The van der Waals surface area contributed by atoms with Gasteiger partial charge in [0.05, 0.1) is 17.4 Å². The molecule has 7 heteroatoms. The Morgan fingerprint density at radius 3 is 2.78 bits per heavy atom. The number of carbonyl (C=O) groups excluding carboxylic acids is 1. The summed E-state index contributed by atoms with van der Waals surface area (Å²) in [7, 11) is 0. The van der Waals surface area contributed by atoms with Gasteiger partial charge >= 0.3 is 0 Å². The summed E-state index contributed by atoms with van der Waals surface area (Å²) in [6.07, 6.45) is 4.92. The number of rotatable bonds is 7.